The third-order valence-corrected chi connectivity index (χ3v) is 3.95. The summed E-state index contributed by atoms with van der Waals surface area (Å²) in [6, 6.07) is 17.2. The molecule has 0 fully saturated rings. The quantitative estimate of drug-likeness (QED) is 0.524. The van der Waals surface area contributed by atoms with Crippen molar-refractivity contribution >= 4 is 11.6 Å². The highest BCUT2D eigenvalue weighted by Gasteiger charge is 2.06. The van der Waals surface area contributed by atoms with Crippen LogP contribution in [-0.2, 0) is 18.0 Å². The fraction of sp³-hybridized carbons (Fsp3) is 0.111. The Morgan fingerprint density at radius 2 is 1.27 bits per heavy atom. The number of benzene rings is 2. The zero-order valence-electron chi connectivity index (χ0n) is 13.7. The van der Waals surface area contributed by atoms with Crippen molar-refractivity contribution in [3.63, 3.8) is 0 Å². The lowest BCUT2D eigenvalue weighted by Gasteiger charge is -1.99. The van der Waals surface area contributed by atoms with E-state index in [0.29, 0.717) is 18.2 Å². The van der Waals surface area contributed by atoms with Gasteiger partial charge in [-0.1, -0.05) is 40.2 Å². The summed E-state index contributed by atoms with van der Waals surface area (Å²) < 4.78 is 9.07. The topological polar surface area (TPSA) is 70.7 Å². The van der Waals surface area contributed by atoms with Gasteiger partial charge in [0, 0.05) is 5.02 Å². The second-order valence-electron chi connectivity index (χ2n) is 5.61. The molecule has 0 atom stereocenters. The Labute approximate surface area is 154 Å². The van der Waals surface area contributed by atoms with Gasteiger partial charge in [-0.05, 0) is 36.4 Å². The standard InChI is InChI=1S/C18H15ClN6O/c19-14-6-8-18(9-7-14)25-11-16(21-23-25)13-26-12-15-10-24(22-20-15)17-4-2-1-3-5-17/h1-11H,12-13H2. The smallest absolute Gasteiger partial charge is 0.109 e. The first kappa shape index (κ1) is 16.4. The Balaban J connectivity index is 1.34. The Morgan fingerprint density at radius 1 is 0.731 bits per heavy atom. The van der Waals surface area contributed by atoms with Crippen molar-refractivity contribution in [1.29, 1.82) is 0 Å². The second-order valence-corrected chi connectivity index (χ2v) is 6.05. The van der Waals surface area contributed by atoms with Gasteiger partial charge in [0.05, 0.1) is 37.0 Å². The molecule has 0 aliphatic carbocycles. The molecular weight excluding hydrogens is 352 g/mol. The van der Waals surface area contributed by atoms with Crippen LogP contribution in [0.3, 0.4) is 0 Å². The van der Waals surface area contributed by atoms with E-state index in [-0.39, 0.29) is 0 Å². The maximum atomic E-state index is 5.89. The molecule has 2 aromatic heterocycles. The summed E-state index contributed by atoms with van der Waals surface area (Å²) in [5.74, 6) is 0. The van der Waals surface area contributed by atoms with Crippen molar-refractivity contribution in [3.05, 3.63) is 83.4 Å². The van der Waals surface area contributed by atoms with E-state index >= 15 is 0 Å². The molecule has 0 N–H and O–H groups in total. The molecule has 2 aromatic carbocycles. The third kappa shape index (κ3) is 3.79. The first-order valence-corrected chi connectivity index (χ1v) is 8.37. The molecule has 0 radical (unpaired) electrons. The summed E-state index contributed by atoms with van der Waals surface area (Å²) >= 11 is 5.89. The van der Waals surface area contributed by atoms with Crippen molar-refractivity contribution in [2.24, 2.45) is 0 Å². The summed E-state index contributed by atoms with van der Waals surface area (Å²) in [6.45, 7) is 0.687. The normalized spacial score (nSPS) is 11.0. The molecular formula is C18H15ClN6O. The fourth-order valence-electron chi connectivity index (χ4n) is 2.42. The summed E-state index contributed by atoms with van der Waals surface area (Å²) in [5, 5.41) is 17.1. The predicted octanol–water partition coefficient (Wildman–Crippen LogP) is 3.22. The van der Waals surface area contributed by atoms with Crippen LogP contribution in [-0.4, -0.2) is 30.0 Å². The van der Waals surface area contributed by atoms with Crippen LogP contribution >= 0.6 is 11.6 Å². The van der Waals surface area contributed by atoms with Crippen LogP contribution in [0, 0.1) is 0 Å². The number of nitrogens with zero attached hydrogens (tertiary/aromatic N) is 6. The van der Waals surface area contributed by atoms with E-state index in [0.717, 1.165) is 22.8 Å². The van der Waals surface area contributed by atoms with Gasteiger partial charge in [-0.2, -0.15) is 0 Å². The highest BCUT2D eigenvalue weighted by atomic mass is 35.5. The van der Waals surface area contributed by atoms with Gasteiger partial charge in [0.25, 0.3) is 0 Å². The lowest BCUT2D eigenvalue weighted by molar-refractivity contribution is 0.102. The number of rotatable bonds is 6. The van der Waals surface area contributed by atoms with Crippen LogP contribution in [0.5, 0.6) is 0 Å². The van der Waals surface area contributed by atoms with E-state index in [4.69, 9.17) is 16.3 Å². The molecule has 2 heterocycles. The number of hydrogen-bond acceptors (Lipinski definition) is 5. The Hall–Kier alpha value is -3.03. The molecule has 7 nitrogen and oxygen atoms in total. The average molecular weight is 367 g/mol. The van der Waals surface area contributed by atoms with Crippen molar-refractivity contribution < 1.29 is 4.74 Å². The lowest BCUT2D eigenvalue weighted by atomic mass is 10.3. The maximum Gasteiger partial charge on any atom is 0.109 e. The minimum atomic E-state index is 0.339. The summed E-state index contributed by atoms with van der Waals surface area (Å²) in [6.07, 6.45) is 3.67. The number of ether oxygens (including phenoxy) is 1. The van der Waals surface area contributed by atoms with Gasteiger partial charge >= 0.3 is 0 Å². The van der Waals surface area contributed by atoms with Crippen LogP contribution in [0.1, 0.15) is 11.4 Å². The van der Waals surface area contributed by atoms with Crippen LogP contribution in [0.15, 0.2) is 67.0 Å². The molecule has 26 heavy (non-hydrogen) atoms. The van der Waals surface area contributed by atoms with Gasteiger partial charge in [0.2, 0.25) is 0 Å². The SMILES string of the molecule is Clc1ccc(-n2cc(COCc3cn(-c4ccccc4)nn3)nn2)cc1. The number of hydrogen-bond donors (Lipinski definition) is 0. The highest BCUT2D eigenvalue weighted by Crippen LogP contribution is 2.13. The third-order valence-electron chi connectivity index (χ3n) is 3.69. The Bertz CT molecular complexity index is 980. The molecule has 0 saturated carbocycles. The van der Waals surface area contributed by atoms with E-state index < -0.39 is 0 Å². The predicted molar refractivity (Wildman–Crippen MR) is 96.2 cm³/mol. The molecule has 0 saturated heterocycles. The molecule has 130 valence electrons. The zero-order chi connectivity index (χ0) is 17.8. The molecule has 4 rings (SSSR count). The first-order valence-electron chi connectivity index (χ1n) is 7.99. The van der Waals surface area contributed by atoms with Gasteiger partial charge in [-0.15, -0.1) is 10.2 Å². The van der Waals surface area contributed by atoms with Gasteiger partial charge in [0.1, 0.15) is 11.4 Å². The van der Waals surface area contributed by atoms with Crippen LogP contribution < -0.4 is 0 Å². The van der Waals surface area contributed by atoms with Crippen molar-refractivity contribution in [3.8, 4) is 11.4 Å². The summed E-state index contributed by atoms with van der Waals surface area (Å²) in [5.41, 5.74) is 3.32. The minimum absolute atomic E-state index is 0.339. The molecule has 0 aliphatic rings. The largest absolute Gasteiger partial charge is 0.369 e. The molecule has 0 spiro atoms. The minimum Gasteiger partial charge on any atom is -0.369 e. The van der Waals surface area contributed by atoms with E-state index in [2.05, 4.69) is 20.6 Å². The summed E-state index contributed by atoms with van der Waals surface area (Å²) in [7, 11) is 0. The van der Waals surface area contributed by atoms with E-state index in [1.54, 1.807) is 9.36 Å². The summed E-state index contributed by atoms with van der Waals surface area (Å²) in [4.78, 5) is 0. The van der Waals surface area contributed by atoms with Gasteiger partial charge in [-0.25, -0.2) is 9.36 Å². The molecule has 8 heteroatoms. The highest BCUT2D eigenvalue weighted by molar-refractivity contribution is 6.30. The zero-order valence-corrected chi connectivity index (χ0v) is 14.5. The molecule has 0 bridgehead atoms. The first-order chi connectivity index (χ1) is 12.8. The van der Waals surface area contributed by atoms with Crippen LogP contribution in [0.4, 0.5) is 0 Å². The number of para-hydroxylation sites is 1. The van der Waals surface area contributed by atoms with Crippen molar-refractivity contribution in [2.45, 2.75) is 13.2 Å². The lowest BCUT2D eigenvalue weighted by Crippen LogP contribution is -1.95. The monoisotopic (exact) mass is 366 g/mol. The molecule has 0 amide bonds. The van der Waals surface area contributed by atoms with Crippen molar-refractivity contribution in [2.75, 3.05) is 0 Å². The van der Waals surface area contributed by atoms with Crippen molar-refractivity contribution in [1.82, 2.24) is 30.0 Å². The molecule has 4 aromatic rings. The van der Waals surface area contributed by atoms with E-state index in [1.807, 2.05) is 67.0 Å². The van der Waals surface area contributed by atoms with Gasteiger partial charge < -0.3 is 4.74 Å². The molecule has 0 aliphatic heterocycles. The number of halogens is 1. The van der Waals surface area contributed by atoms with Crippen LogP contribution in [0.25, 0.3) is 11.4 Å². The van der Waals surface area contributed by atoms with E-state index in [9.17, 15) is 0 Å². The Kier molecular flexibility index (Phi) is 4.72. The van der Waals surface area contributed by atoms with Gasteiger partial charge in [-0.3, -0.25) is 0 Å². The van der Waals surface area contributed by atoms with E-state index in [1.165, 1.54) is 0 Å². The maximum absolute atomic E-state index is 5.89. The fourth-order valence-corrected chi connectivity index (χ4v) is 2.54. The average Bonchev–Trinajstić information content (AvgIpc) is 3.33. The number of aromatic nitrogens is 6. The Morgan fingerprint density at radius 3 is 1.85 bits per heavy atom. The van der Waals surface area contributed by atoms with Gasteiger partial charge in [0.15, 0.2) is 0 Å². The second kappa shape index (κ2) is 7.47. The molecule has 0 unspecified atom stereocenters. The van der Waals surface area contributed by atoms with Crippen LogP contribution in [0.2, 0.25) is 5.02 Å².